The summed E-state index contributed by atoms with van der Waals surface area (Å²) >= 11 is 2.08. The Kier molecular flexibility index (Phi) is 3.78. The Labute approximate surface area is 118 Å². The topological polar surface area (TPSA) is 30.7 Å². The summed E-state index contributed by atoms with van der Waals surface area (Å²) in [6, 6.07) is 4.05. The van der Waals surface area contributed by atoms with Gasteiger partial charge in [0.15, 0.2) is 5.65 Å². The van der Waals surface area contributed by atoms with E-state index in [0.717, 1.165) is 30.0 Å². The molecule has 0 spiro atoms. The average Bonchev–Trinajstić information content (AvgIpc) is 2.99. The van der Waals surface area contributed by atoms with E-state index in [1.807, 2.05) is 12.3 Å². The monoisotopic (exact) mass is 275 g/mol. The van der Waals surface area contributed by atoms with E-state index in [1.54, 1.807) is 0 Å². The molecule has 0 bridgehead atoms. The Hall–Kier alpha value is -1.03. The van der Waals surface area contributed by atoms with Gasteiger partial charge in [-0.15, -0.1) is 0 Å². The molecule has 0 N–H and O–H groups in total. The zero-order valence-corrected chi connectivity index (χ0v) is 12.5. The molecule has 0 aliphatic carbocycles. The maximum Gasteiger partial charge on any atom is 0.159 e. The SMILES string of the molecule is CC(C)Cc1nc2cccnc2n1CC1CCSC1. The fourth-order valence-electron chi connectivity index (χ4n) is 2.70. The molecule has 0 aromatic carbocycles. The van der Waals surface area contributed by atoms with Crippen molar-refractivity contribution in [3.63, 3.8) is 0 Å². The van der Waals surface area contributed by atoms with Gasteiger partial charge in [-0.3, -0.25) is 0 Å². The van der Waals surface area contributed by atoms with E-state index in [9.17, 15) is 0 Å². The Morgan fingerprint density at radius 1 is 1.47 bits per heavy atom. The first kappa shape index (κ1) is 13.0. The largest absolute Gasteiger partial charge is 0.312 e. The molecule has 0 radical (unpaired) electrons. The molecule has 2 aromatic heterocycles. The van der Waals surface area contributed by atoms with Crippen molar-refractivity contribution in [2.75, 3.05) is 11.5 Å². The highest BCUT2D eigenvalue weighted by Crippen LogP contribution is 2.27. The summed E-state index contributed by atoms with van der Waals surface area (Å²) in [4.78, 5) is 9.33. The molecule has 1 unspecified atom stereocenters. The number of hydrogen-bond donors (Lipinski definition) is 0. The van der Waals surface area contributed by atoms with Crippen LogP contribution in [0.3, 0.4) is 0 Å². The lowest BCUT2D eigenvalue weighted by Crippen LogP contribution is -2.14. The number of aromatic nitrogens is 3. The fourth-order valence-corrected chi connectivity index (χ4v) is 3.98. The van der Waals surface area contributed by atoms with Crippen LogP contribution in [0.25, 0.3) is 11.2 Å². The van der Waals surface area contributed by atoms with E-state index in [1.165, 1.54) is 23.8 Å². The summed E-state index contributed by atoms with van der Waals surface area (Å²) in [6.07, 6.45) is 4.25. The number of imidazole rings is 1. The van der Waals surface area contributed by atoms with E-state index in [0.29, 0.717) is 5.92 Å². The summed E-state index contributed by atoms with van der Waals surface area (Å²) in [7, 11) is 0. The van der Waals surface area contributed by atoms with Crippen molar-refractivity contribution in [1.82, 2.24) is 14.5 Å². The Balaban J connectivity index is 1.97. The molecule has 102 valence electrons. The lowest BCUT2D eigenvalue weighted by Gasteiger charge is -2.14. The van der Waals surface area contributed by atoms with Crippen molar-refractivity contribution < 1.29 is 0 Å². The molecular weight excluding hydrogens is 254 g/mol. The van der Waals surface area contributed by atoms with E-state index in [2.05, 4.69) is 41.2 Å². The van der Waals surface area contributed by atoms with E-state index in [-0.39, 0.29) is 0 Å². The van der Waals surface area contributed by atoms with Crippen LogP contribution in [0, 0.1) is 11.8 Å². The minimum absolute atomic E-state index is 0.633. The number of hydrogen-bond acceptors (Lipinski definition) is 3. The molecule has 3 nitrogen and oxygen atoms in total. The highest BCUT2D eigenvalue weighted by Gasteiger charge is 2.20. The maximum absolute atomic E-state index is 4.79. The van der Waals surface area contributed by atoms with Gasteiger partial charge in [0.2, 0.25) is 0 Å². The molecule has 19 heavy (non-hydrogen) atoms. The smallest absolute Gasteiger partial charge is 0.159 e. The average molecular weight is 275 g/mol. The molecule has 0 amide bonds. The molecular formula is C15H21N3S. The fraction of sp³-hybridized carbons (Fsp3) is 0.600. The van der Waals surface area contributed by atoms with Gasteiger partial charge in [0.1, 0.15) is 11.3 Å². The molecule has 1 atom stereocenters. The maximum atomic E-state index is 4.79. The number of thioether (sulfide) groups is 1. The second kappa shape index (κ2) is 5.53. The lowest BCUT2D eigenvalue weighted by molar-refractivity contribution is 0.475. The summed E-state index contributed by atoms with van der Waals surface area (Å²) in [6.45, 7) is 5.59. The van der Waals surface area contributed by atoms with Crippen LogP contribution in [0.2, 0.25) is 0 Å². The Morgan fingerprint density at radius 2 is 2.37 bits per heavy atom. The third-order valence-corrected chi connectivity index (χ3v) is 4.87. The van der Waals surface area contributed by atoms with Crippen molar-refractivity contribution in [3.05, 3.63) is 24.2 Å². The predicted molar refractivity (Wildman–Crippen MR) is 81.5 cm³/mol. The van der Waals surface area contributed by atoms with Crippen molar-refractivity contribution in [3.8, 4) is 0 Å². The molecule has 3 heterocycles. The van der Waals surface area contributed by atoms with Crippen LogP contribution in [0.5, 0.6) is 0 Å². The molecule has 1 aliphatic rings. The van der Waals surface area contributed by atoms with Gasteiger partial charge in [-0.1, -0.05) is 13.8 Å². The van der Waals surface area contributed by atoms with Crippen LogP contribution in [0.1, 0.15) is 26.1 Å². The van der Waals surface area contributed by atoms with Gasteiger partial charge in [0.05, 0.1) is 0 Å². The minimum Gasteiger partial charge on any atom is -0.312 e. The van der Waals surface area contributed by atoms with Crippen LogP contribution in [-0.2, 0) is 13.0 Å². The molecule has 2 aromatic rings. The normalized spacial score (nSPS) is 19.6. The van der Waals surface area contributed by atoms with E-state index < -0.39 is 0 Å². The first-order valence-corrected chi connectivity index (χ1v) is 8.27. The van der Waals surface area contributed by atoms with Gasteiger partial charge < -0.3 is 4.57 Å². The minimum atomic E-state index is 0.633. The van der Waals surface area contributed by atoms with Gasteiger partial charge in [-0.05, 0) is 41.9 Å². The van der Waals surface area contributed by atoms with E-state index in [4.69, 9.17) is 4.98 Å². The zero-order valence-electron chi connectivity index (χ0n) is 11.7. The predicted octanol–water partition coefficient (Wildman–Crippen LogP) is 3.38. The third-order valence-electron chi connectivity index (χ3n) is 3.64. The molecule has 4 heteroatoms. The Bertz CT molecular complexity index is 556. The highest BCUT2D eigenvalue weighted by molar-refractivity contribution is 7.99. The molecule has 1 aliphatic heterocycles. The number of fused-ring (bicyclic) bond motifs is 1. The standard InChI is InChI=1S/C15H21N3S/c1-11(2)8-14-17-13-4-3-6-16-15(13)18(14)9-12-5-7-19-10-12/h3-4,6,11-12H,5,7-10H2,1-2H3. The first-order valence-electron chi connectivity index (χ1n) is 7.12. The zero-order chi connectivity index (χ0) is 13.2. The quantitative estimate of drug-likeness (QED) is 0.857. The highest BCUT2D eigenvalue weighted by atomic mass is 32.2. The van der Waals surface area contributed by atoms with Crippen molar-refractivity contribution in [1.29, 1.82) is 0 Å². The second-order valence-corrected chi connectivity index (χ2v) is 6.96. The van der Waals surface area contributed by atoms with Gasteiger partial charge in [-0.2, -0.15) is 11.8 Å². The summed E-state index contributed by atoms with van der Waals surface area (Å²) in [5, 5.41) is 0. The number of rotatable bonds is 4. The molecule has 3 rings (SSSR count). The van der Waals surface area contributed by atoms with Gasteiger partial charge in [0.25, 0.3) is 0 Å². The summed E-state index contributed by atoms with van der Waals surface area (Å²) < 4.78 is 2.37. The van der Waals surface area contributed by atoms with Crippen LogP contribution in [-0.4, -0.2) is 26.0 Å². The van der Waals surface area contributed by atoms with Crippen molar-refractivity contribution >= 4 is 22.9 Å². The van der Waals surface area contributed by atoms with Crippen molar-refractivity contribution in [2.24, 2.45) is 11.8 Å². The summed E-state index contributed by atoms with van der Waals surface area (Å²) in [5.41, 5.74) is 2.11. The van der Waals surface area contributed by atoms with Crippen LogP contribution < -0.4 is 0 Å². The third kappa shape index (κ3) is 2.78. The van der Waals surface area contributed by atoms with Crippen molar-refractivity contribution in [2.45, 2.75) is 33.2 Å². The number of nitrogens with zero attached hydrogens (tertiary/aromatic N) is 3. The van der Waals surface area contributed by atoms with Crippen LogP contribution in [0.15, 0.2) is 18.3 Å². The lowest BCUT2D eigenvalue weighted by atomic mass is 10.1. The summed E-state index contributed by atoms with van der Waals surface area (Å²) in [5.74, 6) is 5.22. The second-order valence-electron chi connectivity index (χ2n) is 5.81. The Morgan fingerprint density at radius 3 is 3.11 bits per heavy atom. The molecule has 1 saturated heterocycles. The first-order chi connectivity index (χ1) is 9.24. The molecule has 0 saturated carbocycles. The molecule has 1 fully saturated rings. The van der Waals surface area contributed by atoms with E-state index >= 15 is 0 Å². The van der Waals surface area contributed by atoms with Gasteiger partial charge >= 0.3 is 0 Å². The van der Waals surface area contributed by atoms with Gasteiger partial charge in [0, 0.05) is 19.2 Å². The van der Waals surface area contributed by atoms with Gasteiger partial charge in [-0.25, -0.2) is 9.97 Å². The van der Waals surface area contributed by atoms with Crippen LogP contribution in [0.4, 0.5) is 0 Å². The number of pyridine rings is 1. The van der Waals surface area contributed by atoms with Crippen LogP contribution >= 0.6 is 11.8 Å².